The van der Waals surface area contributed by atoms with Crippen molar-refractivity contribution < 1.29 is 14.3 Å². The standard InChI is InChI=1S/C25H24FN7O2/c1-15-6-17(12-28-10-15)32-20-8-21(22-5-4-18-7-16(9-27)11-31-33(18)22)29-13-19(20)24(34)30-14-23(26)25(2,3)35/h4-8,10-13,23,35H,14H2,1-3H3,(H,29,32)(H,30,34). The number of nitriles is 1. The van der Waals surface area contributed by atoms with E-state index in [-0.39, 0.29) is 12.1 Å². The summed E-state index contributed by atoms with van der Waals surface area (Å²) in [5.41, 5.74) is 2.98. The lowest BCUT2D eigenvalue weighted by molar-refractivity contribution is -0.00177. The molecule has 0 aliphatic carbocycles. The molecule has 0 aliphatic heterocycles. The fraction of sp³-hybridized carbons (Fsp3) is 0.240. The first-order valence-electron chi connectivity index (χ1n) is 10.9. The molecule has 0 spiro atoms. The number of nitrogens with one attached hydrogen (secondary N) is 2. The molecule has 4 heterocycles. The molecule has 1 unspecified atom stereocenters. The van der Waals surface area contributed by atoms with E-state index in [2.05, 4.69) is 31.8 Å². The molecule has 4 rings (SSSR count). The van der Waals surface area contributed by atoms with Gasteiger partial charge >= 0.3 is 0 Å². The predicted octanol–water partition coefficient (Wildman–Crippen LogP) is 3.55. The van der Waals surface area contributed by atoms with Gasteiger partial charge in [0.2, 0.25) is 0 Å². The third-order valence-corrected chi connectivity index (χ3v) is 5.40. The molecule has 35 heavy (non-hydrogen) atoms. The van der Waals surface area contributed by atoms with Gasteiger partial charge in [0.25, 0.3) is 5.91 Å². The Morgan fingerprint density at radius 3 is 2.74 bits per heavy atom. The molecule has 1 atom stereocenters. The van der Waals surface area contributed by atoms with E-state index < -0.39 is 17.7 Å². The molecule has 0 aliphatic rings. The first kappa shape index (κ1) is 23.8. The summed E-state index contributed by atoms with van der Waals surface area (Å²) >= 11 is 0. The van der Waals surface area contributed by atoms with Crippen molar-refractivity contribution in [2.24, 2.45) is 0 Å². The first-order chi connectivity index (χ1) is 16.7. The van der Waals surface area contributed by atoms with Crippen LogP contribution in [0.1, 0.15) is 35.3 Å². The molecular weight excluding hydrogens is 449 g/mol. The van der Waals surface area contributed by atoms with E-state index in [4.69, 9.17) is 5.26 Å². The minimum Gasteiger partial charge on any atom is -0.387 e. The van der Waals surface area contributed by atoms with Gasteiger partial charge in [0.15, 0.2) is 0 Å². The summed E-state index contributed by atoms with van der Waals surface area (Å²) in [6, 6.07) is 11.0. The minimum atomic E-state index is -1.65. The fourth-order valence-corrected chi connectivity index (χ4v) is 3.44. The Kier molecular flexibility index (Phi) is 6.44. The van der Waals surface area contributed by atoms with E-state index in [1.165, 1.54) is 26.2 Å². The number of fused-ring (bicyclic) bond motifs is 1. The second kappa shape index (κ2) is 9.48. The number of anilines is 2. The van der Waals surface area contributed by atoms with Gasteiger partial charge in [0.05, 0.1) is 63.9 Å². The summed E-state index contributed by atoms with van der Waals surface area (Å²) in [6.45, 7) is 4.22. The zero-order valence-corrected chi connectivity index (χ0v) is 19.5. The number of hydrogen-bond acceptors (Lipinski definition) is 7. The van der Waals surface area contributed by atoms with Crippen LogP contribution in [0.4, 0.5) is 15.8 Å². The van der Waals surface area contributed by atoms with Crippen LogP contribution in [-0.2, 0) is 0 Å². The molecule has 0 bridgehead atoms. The van der Waals surface area contributed by atoms with Crippen molar-refractivity contribution in [2.45, 2.75) is 32.5 Å². The summed E-state index contributed by atoms with van der Waals surface area (Å²) in [6.07, 6.45) is 4.55. The summed E-state index contributed by atoms with van der Waals surface area (Å²) in [4.78, 5) is 21.6. The highest BCUT2D eigenvalue weighted by Crippen LogP contribution is 2.28. The van der Waals surface area contributed by atoms with Gasteiger partial charge in [-0.15, -0.1) is 0 Å². The van der Waals surface area contributed by atoms with E-state index >= 15 is 0 Å². The molecule has 0 saturated carbocycles. The molecule has 4 aromatic heterocycles. The molecule has 0 saturated heterocycles. The Bertz CT molecular complexity index is 1440. The van der Waals surface area contributed by atoms with Gasteiger partial charge in [-0.3, -0.25) is 14.8 Å². The minimum absolute atomic E-state index is 0.193. The zero-order valence-electron chi connectivity index (χ0n) is 19.5. The van der Waals surface area contributed by atoms with Crippen LogP contribution >= 0.6 is 0 Å². The summed E-state index contributed by atoms with van der Waals surface area (Å²) in [5, 5.41) is 29.0. The lowest BCUT2D eigenvalue weighted by Gasteiger charge is -2.22. The first-order valence-corrected chi connectivity index (χ1v) is 10.9. The number of pyridine rings is 2. The number of carbonyl (C=O) groups excluding carboxylic acids is 1. The average Bonchev–Trinajstić information content (AvgIpc) is 3.25. The van der Waals surface area contributed by atoms with Crippen LogP contribution in [0.3, 0.4) is 0 Å². The van der Waals surface area contributed by atoms with Gasteiger partial charge in [-0.1, -0.05) is 0 Å². The third kappa shape index (κ3) is 5.26. The average molecular weight is 474 g/mol. The van der Waals surface area contributed by atoms with Gasteiger partial charge in [-0.05, 0) is 56.7 Å². The molecule has 0 radical (unpaired) electrons. The molecule has 1 amide bonds. The van der Waals surface area contributed by atoms with Crippen LogP contribution in [0.15, 0.2) is 55.1 Å². The van der Waals surface area contributed by atoms with Crippen molar-refractivity contribution in [1.82, 2.24) is 24.9 Å². The van der Waals surface area contributed by atoms with E-state index in [1.807, 2.05) is 25.1 Å². The van der Waals surface area contributed by atoms with Gasteiger partial charge in [-0.25, -0.2) is 8.91 Å². The van der Waals surface area contributed by atoms with Crippen LogP contribution in [-0.4, -0.2) is 48.9 Å². The Morgan fingerprint density at radius 2 is 2.03 bits per heavy atom. The fourth-order valence-electron chi connectivity index (χ4n) is 3.44. The number of amides is 1. The zero-order chi connectivity index (χ0) is 25.2. The summed E-state index contributed by atoms with van der Waals surface area (Å²) in [5.74, 6) is -0.545. The van der Waals surface area contributed by atoms with E-state index in [1.54, 1.807) is 29.0 Å². The molecule has 178 valence electrons. The van der Waals surface area contributed by atoms with E-state index in [9.17, 15) is 14.3 Å². The molecule has 10 heteroatoms. The van der Waals surface area contributed by atoms with Crippen LogP contribution in [0.2, 0.25) is 0 Å². The van der Waals surface area contributed by atoms with Gasteiger partial charge in [0.1, 0.15) is 12.2 Å². The van der Waals surface area contributed by atoms with Crippen molar-refractivity contribution in [2.75, 3.05) is 11.9 Å². The monoisotopic (exact) mass is 473 g/mol. The number of halogens is 1. The van der Waals surface area contributed by atoms with Gasteiger partial charge < -0.3 is 15.7 Å². The molecule has 4 aromatic rings. The molecular formula is C25H24FN7O2. The molecule has 3 N–H and O–H groups in total. The number of rotatable bonds is 7. The highest BCUT2D eigenvalue weighted by Gasteiger charge is 2.27. The third-order valence-electron chi connectivity index (χ3n) is 5.40. The maximum atomic E-state index is 14.2. The Hall–Kier alpha value is -4.36. The Morgan fingerprint density at radius 1 is 1.23 bits per heavy atom. The lowest BCUT2D eigenvalue weighted by atomic mass is 10.0. The van der Waals surface area contributed by atoms with Crippen LogP contribution in [0, 0.1) is 18.3 Å². The van der Waals surface area contributed by atoms with Crippen molar-refractivity contribution in [1.29, 1.82) is 5.26 Å². The smallest absolute Gasteiger partial charge is 0.255 e. The predicted molar refractivity (Wildman–Crippen MR) is 129 cm³/mol. The second-order valence-corrected chi connectivity index (χ2v) is 8.73. The van der Waals surface area contributed by atoms with Crippen LogP contribution < -0.4 is 10.6 Å². The maximum Gasteiger partial charge on any atom is 0.255 e. The molecule has 0 aromatic carbocycles. The number of nitrogens with zero attached hydrogens (tertiary/aromatic N) is 5. The van der Waals surface area contributed by atoms with Gasteiger partial charge in [-0.2, -0.15) is 10.4 Å². The van der Waals surface area contributed by atoms with Gasteiger partial charge in [0, 0.05) is 12.4 Å². The lowest BCUT2D eigenvalue weighted by Crippen LogP contribution is -2.42. The van der Waals surface area contributed by atoms with E-state index in [0.29, 0.717) is 28.3 Å². The van der Waals surface area contributed by atoms with Crippen molar-refractivity contribution >= 4 is 22.8 Å². The number of hydrogen-bond donors (Lipinski definition) is 3. The number of aliphatic hydroxyl groups is 1. The second-order valence-electron chi connectivity index (χ2n) is 8.73. The normalized spacial score (nSPS) is 12.2. The highest BCUT2D eigenvalue weighted by molar-refractivity contribution is 6.00. The number of alkyl halides is 1. The highest BCUT2D eigenvalue weighted by atomic mass is 19.1. The topological polar surface area (TPSA) is 128 Å². The number of carbonyl (C=O) groups is 1. The van der Waals surface area contributed by atoms with Crippen molar-refractivity contribution in [3.05, 3.63) is 71.8 Å². The van der Waals surface area contributed by atoms with Crippen molar-refractivity contribution in [3.63, 3.8) is 0 Å². The quantitative estimate of drug-likeness (QED) is 0.374. The Balaban J connectivity index is 1.72. The largest absolute Gasteiger partial charge is 0.387 e. The Labute approximate surface area is 201 Å². The molecule has 9 nitrogen and oxygen atoms in total. The number of aromatic nitrogens is 4. The SMILES string of the molecule is Cc1cncc(Nc2cc(-c3ccc4cc(C#N)cnn34)ncc2C(=O)NCC(F)C(C)(C)O)c1. The maximum absolute atomic E-state index is 14.2. The van der Waals surface area contributed by atoms with Crippen molar-refractivity contribution in [3.8, 4) is 17.5 Å². The molecule has 0 fully saturated rings. The summed E-state index contributed by atoms with van der Waals surface area (Å²) < 4.78 is 15.8. The van der Waals surface area contributed by atoms with Crippen LogP contribution in [0.25, 0.3) is 16.9 Å². The van der Waals surface area contributed by atoms with E-state index in [0.717, 1.165) is 11.1 Å². The summed E-state index contributed by atoms with van der Waals surface area (Å²) in [7, 11) is 0. The number of aryl methyl sites for hydroxylation is 1. The van der Waals surface area contributed by atoms with Crippen LogP contribution in [0.5, 0.6) is 0 Å².